The number of thioether (sulfide) groups is 1. The molecule has 0 aliphatic carbocycles. The van der Waals surface area contributed by atoms with Gasteiger partial charge in [0.1, 0.15) is 5.75 Å². The second-order valence-electron chi connectivity index (χ2n) is 6.07. The van der Waals surface area contributed by atoms with E-state index in [-0.39, 0.29) is 23.9 Å². The molecular weight excluding hydrogens is 396 g/mol. The second-order valence-corrected chi connectivity index (χ2v) is 8.89. The molecule has 0 unspecified atom stereocenters. The van der Waals surface area contributed by atoms with Gasteiger partial charge in [0.05, 0.1) is 18.0 Å². The molecule has 152 valence electrons. The van der Waals surface area contributed by atoms with Crippen molar-refractivity contribution in [3.8, 4) is 5.75 Å². The quantitative estimate of drug-likeness (QED) is 0.623. The predicted molar refractivity (Wildman–Crippen MR) is 114 cm³/mol. The number of nitrogens with zero attached hydrogens (tertiary/aromatic N) is 1. The van der Waals surface area contributed by atoms with Crippen LogP contribution >= 0.6 is 11.8 Å². The lowest BCUT2D eigenvalue weighted by Crippen LogP contribution is -2.37. The van der Waals surface area contributed by atoms with Crippen molar-refractivity contribution in [2.24, 2.45) is 0 Å². The molecule has 0 aliphatic heterocycles. The minimum Gasteiger partial charge on any atom is -0.494 e. The summed E-state index contributed by atoms with van der Waals surface area (Å²) in [5.74, 6) is 0.266. The van der Waals surface area contributed by atoms with Gasteiger partial charge in [0.25, 0.3) is 0 Å². The summed E-state index contributed by atoms with van der Waals surface area (Å²) in [5, 5.41) is 2.76. The third-order valence-corrected chi connectivity index (χ3v) is 6.75. The molecule has 0 saturated heterocycles. The van der Waals surface area contributed by atoms with E-state index < -0.39 is 10.0 Å². The Morgan fingerprint density at radius 2 is 1.93 bits per heavy atom. The Morgan fingerprint density at radius 3 is 2.54 bits per heavy atom. The van der Waals surface area contributed by atoms with Gasteiger partial charge in [0.15, 0.2) is 0 Å². The SMILES string of the molecule is CCOc1ccc(S(=O)(=O)N(CC)CC(=O)Nc2cccc(SC)c2)cc1C. The van der Waals surface area contributed by atoms with Crippen molar-refractivity contribution in [2.75, 3.05) is 31.3 Å². The van der Waals surface area contributed by atoms with Crippen LogP contribution in [-0.4, -0.2) is 44.6 Å². The maximum absolute atomic E-state index is 13.0. The highest BCUT2D eigenvalue weighted by Gasteiger charge is 2.26. The molecule has 0 fully saturated rings. The van der Waals surface area contributed by atoms with Crippen LogP contribution in [0.4, 0.5) is 5.69 Å². The molecule has 1 amide bonds. The zero-order chi connectivity index (χ0) is 20.7. The molecule has 8 heteroatoms. The van der Waals surface area contributed by atoms with Gasteiger partial charge in [-0.3, -0.25) is 4.79 Å². The van der Waals surface area contributed by atoms with Gasteiger partial charge in [0, 0.05) is 17.1 Å². The molecule has 0 bridgehead atoms. The van der Waals surface area contributed by atoms with Crippen molar-refractivity contribution < 1.29 is 17.9 Å². The molecule has 6 nitrogen and oxygen atoms in total. The highest BCUT2D eigenvalue weighted by atomic mass is 32.2. The van der Waals surface area contributed by atoms with Crippen LogP contribution in [0.15, 0.2) is 52.3 Å². The third kappa shape index (κ3) is 5.50. The number of nitrogens with one attached hydrogen (secondary N) is 1. The number of sulfonamides is 1. The highest BCUT2D eigenvalue weighted by Crippen LogP contribution is 2.24. The molecule has 2 aromatic rings. The van der Waals surface area contributed by atoms with Crippen LogP contribution < -0.4 is 10.1 Å². The normalized spacial score (nSPS) is 11.5. The number of anilines is 1. The summed E-state index contributed by atoms with van der Waals surface area (Å²) in [7, 11) is -3.79. The molecule has 0 radical (unpaired) electrons. The summed E-state index contributed by atoms with van der Waals surface area (Å²) < 4.78 is 32.6. The van der Waals surface area contributed by atoms with Crippen molar-refractivity contribution in [3.63, 3.8) is 0 Å². The first-order valence-electron chi connectivity index (χ1n) is 8.99. The van der Waals surface area contributed by atoms with E-state index in [0.29, 0.717) is 18.0 Å². The Morgan fingerprint density at radius 1 is 1.18 bits per heavy atom. The van der Waals surface area contributed by atoms with E-state index in [2.05, 4.69) is 5.32 Å². The van der Waals surface area contributed by atoms with Crippen molar-refractivity contribution in [3.05, 3.63) is 48.0 Å². The van der Waals surface area contributed by atoms with E-state index in [1.54, 1.807) is 43.8 Å². The van der Waals surface area contributed by atoms with Crippen molar-refractivity contribution in [1.29, 1.82) is 0 Å². The highest BCUT2D eigenvalue weighted by molar-refractivity contribution is 7.98. The smallest absolute Gasteiger partial charge is 0.243 e. The lowest BCUT2D eigenvalue weighted by Gasteiger charge is -2.21. The summed E-state index contributed by atoms with van der Waals surface area (Å²) in [6, 6.07) is 12.1. The predicted octanol–water partition coefficient (Wildman–Crippen LogP) is 3.76. The zero-order valence-electron chi connectivity index (χ0n) is 16.6. The average molecular weight is 423 g/mol. The van der Waals surface area contributed by atoms with E-state index in [0.717, 1.165) is 14.8 Å². The fourth-order valence-electron chi connectivity index (χ4n) is 2.68. The maximum Gasteiger partial charge on any atom is 0.243 e. The van der Waals surface area contributed by atoms with Gasteiger partial charge < -0.3 is 10.1 Å². The van der Waals surface area contributed by atoms with E-state index in [1.165, 1.54) is 6.07 Å². The molecule has 0 atom stereocenters. The summed E-state index contributed by atoms with van der Waals surface area (Å²) in [5.41, 5.74) is 1.37. The first-order valence-corrected chi connectivity index (χ1v) is 11.7. The van der Waals surface area contributed by atoms with Crippen molar-refractivity contribution in [2.45, 2.75) is 30.6 Å². The fourth-order valence-corrected chi connectivity index (χ4v) is 4.63. The lowest BCUT2D eigenvalue weighted by atomic mass is 10.2. The topological polar surface area (TPSA) is 75.7 Å². The molecule has 0 saturated carbocycles. The van der Waals surface area contributed by atoms with Gasteiger partial charge in [-0.25, -0.2) is 8.42 Å². The molecule has 2 aromatic carbocycles. The van der Waals surface area contributed by atoms with Gasteiger partial charge >= 0.3 is 0 Å². The Bertz CT molecular complexity index is 930. The molecule has 0 aliphatic rings. The summed E-state index contributed by atoms with van der Waals surface area (Å²) >= 11 is 1.57. The van der Waals surface area contributed by atoms with Gasteiger partial charge in [-0.15, -0.1) is 11.8 Å². The molecule has 1 N–H and O–H groups in total. The van der Waals surface area contributed by atoms with E-state index >= 15 is 0 Å². The number of ether oxygens (including phenoxy) is 1. The number of hydrogen-bond acceptors (Lipinski definition) is 5. The molecule has 2 rings (SSSR count). The van der Waals surface area contributed by atoms with Gasteiger partial charge in [-0.2, -0.15) is 4.31 Å². The van der Waals surface area contributed by atoms with Crippen LogP contribution in [0, 0.1) is 6.92 Å². The van der Waals surface area contributed by atoms with E-state index in [1.807, 2.05) is 31.4 Å². The fraction of sp³-hybridized carbons (Fsp3) is 0.350. The van der Waals surface area contributed by atoms with Crippen molar-refractivity contribution >= 4 is 33.4 Å². The lowest BCUT2D eigenvalue weighted by molar-refractivity contribution is -0.116. The number of carbonyl (C=O) groups is 1. The van der Waals surface area contributed by atoms with E-state index in [4.69, 9.17) is 4.74 Å². The second kappa shape index (κ2) is 9.95. The number of amides is 1. The monoisotopic (exact) mass is 422 g/mol. The number of carbonyl (C=O) groups excluding carboxylic acids is 1. The molecule has 0 spiro atoms. The minimum atomic E-state index is -3.79. The van der Waals surface area contributed by atoms with Crippen molar-refractivity contribution in [1.82, 2.24) is 4.31 Å². The van der Waals surface area contributed by atoms with Crippen LogP contribution in [-0.2, 0) is 14.8 Å². The van der Waals surface area contributed by atoms with Gasteiger partial charge in [-0.1, -0.05) is 13.0 Å². The number of rotatable bonds is 9. The molecule has 0 heterocycles. The van der Waals surface area contributed by atoms with Crippen LogP contribution in [0.1, 0.15) is 19.4 Å². The first kappa shape index (κ1) is 22.3. The van der Waals surface area contributed by atoms with Crippen LogP contribution in [0.3, 0.4) is 0 Å². The number of hydrogen-bond donors (Lipinski definition) is 1. The maximum atomic E-state index is 13.0. The van der Waals surface area contributed by atoms with Gasteiger partial charge in [-0.05, 0) is 62.1 Å². The number of aryl methyl sites for hydroxylation is 1. The number of likely N-dealkylation sites (N-methyl/N-ethyl adjacent to an activating group) is 1. The van der Waals surface area contributed by atoms with Crippen LogP contribution in [0.5, 0.6) is 5.75 Å². The Kier molecular flexibility index (Phi) is 7.91. The Hall–Kier alpha value is -2.03. The number of benzene rings is 2. The average Bonchev–Trinajstić information content (AvgIpc) is 2.67. The van der Waals surface area contributed by atoms with Gasteiger partial charge in [0.2, 0.25) is 15.9 Å². The Labute approximate surface area is 171 Å². The summed E-state index contributed by atoms with van der Waals surface area (Å²) in [6.07, 6.45) is 1.95. The summed E-state index contributed by atoms with van der Waals surface area (Å²) in [4.78, 5) is 13.6. The third-order valence-electron chi connectivity index (χ3n) is 4.11. The van der Waals surface area contributed by atoms with Crippen LogP contribution in [0.2, 0.25) is 0 Å². The molecular formula is C20H26N2O4S2. The van der Waals surface area contributed by atoms with Crippen LogP contribution in [0.25, 0.3) is 0 Å². The standard InChI is InChI=1S/C20H26N2O4S2/c1-5-22(14-20(23)21-16-8-7-9-17(13-16)27-4)28(24,25)18-10-11-19(26-6-2)15(3)12-18/h7-13H,5-6,14H2,1-4H3,(H,21,23). The minimum absolute atomic E-state index is 0.146. The first-order chi connectivity index (χ1) is 13.3. The van der Waals surface area contributed by atoms with E-state index in [9.17, 15) is 13.2 Å². The summed E-state index contributed by atoms with van der Waals surface area (Å²) in [6.45, 7) is 5.82. The molecule has 0 aromatic heterocycles. The zero-order valence-corrected chi connectivity index (χ0v) is 18.2. The molecule has 28 heavy (non-hydrogen) atoms. The largest absolute Gasteiger partial charge is 0.494 e. The Balaban J connectivity index is 2.16.